The van der Waals surface area contributed by atoms with E-state index in [1.165, 1.54) is 5.69 Å². The molecule has 1 aromatic rings. The van der Waals surface area contributed by atoms with E-state index in [9.17, 15) is 4.79 Å². The Morgan fingerprint density at radius 3 is 2.73 bits per heavy atom. The van der Waals surface area contributed by atoms with Crippen molar-refractivity contribution < 1.29 is 9.53 Å². The summed E-state index contributed by atoms with van der Waals surface area (Å²) in [6.45, 7) is 3.84. The molecule has 2 unspecified atom stereocenters. The van der Waals surface area contributed by atoms with Crippen molar-refractivity contribution >= 4 is 5.91 Å². The third kappa shape index (κ3) is 3.86. The van der Waals surface area contributed by atoms with Crippen molar-refractivity contribution in [3.05, 3.63) is 30.1 Å². The zero-order chi connectivity index (χ0) is 15.4. The van der Waals surface area contributed by atoms with Gasteiger partial charge in [0, 0.05) is 37.3 Å². The second-order valence-corrected chi connectivity index (χ2v) is 6.59. The molecule has 2 aliphatic rings. The predicted octanol–water partition coefficient (Wildman–Crippen LogP) is 3.14. The number of pyridine rings is 1. The summed E-state index contributed by atoms with van der Waals surface area (Å²) in [5.41, 5.74) is 1.17. The Labute approximate surface area is 132 Å². The van der Waals surface area contributed by atoms with Crippen molar-refractivity contribution in [3.8, 4) is 0 Å². The first-order chi connectivity index (χ1) is 10.7. The van der Waals surface area contributed by atoms with Gasteiger partial charge < -0.3 is 9.64 Å². The lowest BCUT2D eigenvalue weighted by atomic mass is 9.93. The molecule has 3 heterocycles. The largest absolute Gasteiger partial charge is 0.375 e. The van der Waals surface area contributed by atoms with Crippen LogP contribution in [0.2, 0.25) is 0 Å². The van der Waals surface area contributed by atoms with Gasteiger partial charge in [-0.3, -0.25) is 9.78 Å². The van der Waals surface area contributed by atoms with E-state index < -0.39 is 0 Å². The Bertz CT molecular complexity index is 483. The molecule has 4 nitrogen and oxygen atoms in total. The molecular formula is C18H26N2O2. The molecule has 0 aliphatic carbocycles. The maximum Gasteiger partial charge on any atom is 0.222 e. The summed E-state index contributed by atoms with van der Waals surface area (Å²) in [6.07, 6.45) is 8.33. The third-order valence-electron chi connectivity index (χ3n) is 4.95. The van der Waals surface area contributed by atoms with Gasteiger partial charge in [0.05, 0.1) is 12.2 Å². The maximum absolute atomic E-state index is 12.3. The molecule has 0 spiro atoms. The zero-order valence-electron chi connectivity index (χ0n) is 13.4. The summed E-state index contributed by atoms with van der Waals surface area (Å²) < 4.78 is 5.79. The molecule has 0 radical (unpaired) electrons. The molecular weight excluding hydrogens is 276 g/mol. The lowest BCUT2D eigenvalue weighted by Crippen LogP contribution is -2.38. The van der Waals surface area contributed by atoms with Crippen molar-refractivity contribution in [1.82, 2.24) is 9.88 Å². The van der Waals surface area contributed by atoms with Crippen LogP contribution in [-0.4, -0.2) is 41.1 Å². The summed E-state index contributed by atoms with van der Waals surface area (Å²) in [5, 5.41) is 0. The smallest absolute Gasteiger partial charge is 0.222 e. The van der Waals surface area contributed by atoms with Crippen molar-refractivity contribution in [2.24, 2.45) is 0 Å². The van der Waals surface area contributed by atoms with Gasteiger partial charge in [-0.2, -0.15) is 0 Å². The van der Waals surface area contributed by atoms with Gasteiger partial charge in [-0.1, -0.05) is 6.07 Å². The average Bonchev–Trinajstić information content (AvgIpc) is 2.99. The van der Waals surface area contributed by atoms with Gasteiger partial charge in [-0.05, 0) is 51.2 Å². The molecule has 0 bridgehead atoms. The molecule has 2 saturated heterocycles. The molecule has 2 fully saturated rings. The Hall–Kier alpha value is -1.42. The Balaban J connectivity index is 1.42. The first-order valence-corrected chi connectivity index (χ1v) is 8.56. The van der Waals surface area contributed by atoms with E-state index in [0.29, 0.717) is 30.5 Å². The number of rotatable bonds is 4. The number of carbonyl (C=O) groups excluding carboxylic acids is 1. The minimum Gasteiger partial charge on any atom is -0.375 e. The van der Waals surface area contributed by atoms with Crippen LogP contribution in [0.15, 0.2) is 24.4 Å². The fraction of sp³-hybridized carbons (Fsp3) is 0.667. The molecule has 1 amide bonds. The second kappa shape index (κ2) is 7.23. The number of nitrogens with zero attached hydrogens (tertiary/aromatic N) is 2. The Morgan fingerprint density at radius 1 is 1.27 bits per heavy atom. The van der Waals surface area contributed by atoms with Crippen LogP contribution in [0.3, 0.4) is 0 Å². The van der Waals surface area contributed by atoms with Crippen molar-refractivity contribution in [1.29, 1.82) is 0 Å². The van der Waals surface area contributed by atoms with Crippen LogP contribution in [0.1, 0.15) is 57.1 Å². The van der Waals surface area contributed by atoms with Gasteiger partial charge in [-0.15, -0.1) is 0 Å². The number of aromatic nitrogens is 1. The lowest BCUT2D eigenvalue weighted by Gasteiger charge is -2.32. The fourth-order valence-corrected chi connectivity index (χ4v) is 3.58. The molecule has 1 aromatic heterocycles. The van der Waals surface area contributed by atoms with Gasteiger partial charge >= 0.3 is 0 Å². The van der Waals surface area contributed by atoms with Crippen LogP contribution in [0.4, 0.5) is 0 Å². The first kappa shape index (κ1) is 15.5. The monoisotopic (exact) mass is 302 g/mol. The number of hydrogen-bond acceptors (Lipinski definition) is 3. The van der Waals surface area contributed by atoms with Gasteiger partial charge in [0.25, 0.3) is 0 Å². The lowest BCUT2D eigenvalue weighted by molar-refractivity contribution is -0.133. The van der Waals surface area contributed by atoms with E-state index in [1.807, 2.05) is 23.2 Å². The van der Waals surface area contributed by atoms with E-state index in [2.05, 4.69) is 18.0 Å². The number of amides is 1. The molecule has 3 rings (SSSR count). The van der Waals surface area contributed by atoms with Crippen molar-refractivity contribution in [2.45, 2.75) is 63.6 Å². The highest BCUT2D eigenvalue weighted by atomic mass is 16.5. The second-order valence-electron chi connectivity index (χ2n) is 6.59. The van der Waals surface area contributed by atoms with Crippen LogP contribution in [-0.2, 0) is 9.53 Å². The molecule has 2 aliphatic heterocycles. The summed E-state index contributed by atoms with van der Waals surface area (Å²) in [4.78, 5) is 18.8. The number of carbonyl (C=O) groups is 1. The quantitative estimate of drug-likeness (QED) is 0.858. The molecule has 0 aromatic carbocycles. The Kier molecular flexibility index (Phi) is 5.08. The molecule has 0 N–H and O–H groups in total. The normalized spacial score (nSPS) is 26.3. The van der Waals surface area contributed by atoms with Gasteiger partial charge in [0.2, 0.25) is 5.91 Å². The van der Waals surface area contributed by atoms with Crippen molar-refractivity contribution in [2.75, 3.05) is 13.1 Å². The highest BCUT2D eigenvalue weighted by Crippen LogP contribution is 2.27. The minimum absolute atomic E-state index is 0.294. The van der Waals surface area contributed by atoms with Gasteiger partial charge in [0.1, 0.15) is 0 Å². The molecule has 4 heteroatoms. The van der Waals surface area contributed by atoms with Crippen LogP contribution < -0.4 is 0 Å². The van der Waals surface area contributed by atoms with E-state index >= 15 is 0 Å². The van der Waals surface area contributed by atoms with Crippen LogP contribution >= 0.6 is 0 Å². The maximum atomic E-state index is 12.3. The van der Waals surface area contributed by atoms with Crippen LogP contribution in [0.5, 0.6) is 0 Å². The Morgan fingerprint density at radius 2 is 2.09 bits per heavy atom. The van der Waals surface area contributed by atoms with E-state index in [-0.39, 0.29) is 0 Å². The number of hydrogen-bond donors (Lipinski definition) is 0. The van der Waals surface area contributed by atoms with Crippen LogP contribution in [0.25, 0.3) is 0 Å². The molecule has 22 heavy (non-hydrogen) atoms. The van der Waals surface area contributed by atoms with Crippen molar-refractivity contribution in [3.63, 3.8) is 0 Å². The number of piperidine rings is 1. The SMILES string of the molecule is CC1CCC(CCC(=O)N2CCC(c3ccccn3)CC2)O1. The zero-order valence-corrected chi connectivity index (χ0v) is 13.4. The number of likely N-dealkylation sites (tertiary alicyclic amines) is 1. The van der Waals surface area contributed by atoms with E-state index in [0.717, 1.165) is 45.2 Å². The molecule has 0 saturated carbocycles. The third-order valence-corrected chi connectivity index (χ3v) is 4.95. The highest BCUT2D eigenvalue weighted by Gasteiger charge is 2.26. The summed E-state index contributed by atoms with van der Waals surface area (Å²) >= 11 is 0. The summed E-state index contributed by atoms with van der Waals surface area (Å²) in [6, 6.07) is 6.09. The van der Waals surface area contributed by atoms with Crippen LogP contribution in [0, 0.1) is 0 Å². The predicted molar refractivity (Wildman–Crippen MR) is 85.6 cm³/mol. The minimum atomic E-state index is 0.294. The highest BCUT2D eigenvalue weighted by molar-refractivity contribution is 5.76. The average molecular weight is 302 g/mol. The standard InChI is InChI=1S/C18H26N2O2/c1-14-5-6-16(22-14)7-8-18(21)20-12-9-15(10-13-20)17-4-2-3-11-19-17/h2-4,11,14-16H,5-10,12-13H2,1H3. The number of ether oxygens (including phenoxy) is 1. The fourth-order valence-electron chi connectivity index (χ4n) is 3.58. The van der Waals surface area contributed by atoms with E-state index in [1.54, 1.807) is 0 Å². The molecule has 120 valence electrons. The van der Waals surface area contributed by atoms with Gasteiger partial charge in [-0.25, -0.2) is 0 Å². The molecule has 2 atom stereocenters. The summed E-state index contributed by atoms with van der Waals surface area (Å²) in [7, 11) is 0. The summed E-state index contributed by atoms with van der Waals surface area (Å²) in [5.74, 6) is 0.798. The van der Waals surface area contributed by atoms with Gasteiger partial charge in [0.15, 0.2) is 0 Å². The first-order valence-electron chi connectivity index (χ1n) is 8.56. The topological polar surface area (TPSA) is 42.4 Å². The van der Waals surface area contributed by atoms with E-state index in [4.69, 9.17) is 4.74 Å².